The highest BCUT2D eigenvalue weighted by atomic mass is 32.1. The monoisotopic (exact) mass is 1110 g/mol. The maximum atomic E-state index is 4.98. The Balaban J connectivity index is 0.000000119. The summed E-state index contributed by atoms with van der Waals surface area (Å²) in [5.74, 6) is 0.946. The summed E-state index contributed by atoms with van der Waals surface area (Å²) >= 11 is 3.47. The van der Waals surface area contributed by atoms with Crippen LogP contribution in [0.15, 0.2) is 291 Å². The lowest BCUT2D eigenvalue weighted by molar-refractivity contribution is 1.10. The van der Waals surface area contributed by atoms with Gasteiger partial charge < -0.3 is 14.7 Å². The molecule has 0 bridgehead atoms. The SMILES string of the molecule is CN(c1ccc(-c2nc3ccccc3n2-c2ccccc2)cc1)c1cccc2ccccc12.CN(c1ccc(-c2nc3ccccc3s2)cc1)c1cccc2ccccc12.CN(c1ccccc1)c1ccc(-c2nc3ccccc3s2)cc1. The van der Waals surface area contributed by atoms with E-state index >= 15 is 0 Å². The molecule has 0 amide bonds. The van der Waals surface area contributed by atoms with Crippen LogP contribution < -0.4 is 14.7 Å². The van der Waals surface area contributed by atoms with Crippen LogP contribution in [0.4, 0.5) is 34.1 Å². The van der Waals surface area contributed by atoms with E-state index in [1.807, 2.05) is 30.3 Å². The first-order valence-corrected chi connectivity index (χ1v) is 29.3. The zero-order valence-corrected chi connectivity index (χ0v) is 47.8. The molecule has 0 saturated heterocycles. The summed E-state index contributed by atoms with van der Waals surface area (Å²) in [7, 11) is 6.33. The number of anilines is 6. The van der Waals surface area contributed by atoms with E-state index in [2.05, 4.69) is 301 Å². The fourth-order valence-electron chi connectivity index (χ4n) is 10.6. The molecule has 0 unspecified atom stereocenters. The van der Waals surface area contributed by atoms with Gasteiger partial charge in [-0.15, -0.1) is 22.7 Å². The molecule has 12 aromatic carbocycles. The molecule has 0 saturated carbocycles. The van der Waals surface area contributed by atoms with Crippen molar-refractivity contribution < 1.29 is 0 Å². The highest BCUT2D eigenvalue weighted by molar-refractivity contribution is 7.22. The quantitative estimate of drug-likeness (QED) is 0.136. The van der Waals surface area contributed by atoms with Crippen molar-refractivity contribution in [2.75, 3.05) is 35.8 Å². The number of thiazole rings is 2. The van der Waals surface area contributed by atoms with Crippen LogP contribution in [0.2, 0.25) is 0 Å². The van der Waals surface area contributed by atoms with Gasteiger partial charge in [0.05, 0.1) is 31.5 Å². The van der Waals surface area contributed by atoms with Gasteiger partial charge in [0.1, 0.15) is 15.8 Å². The zero-order valence-electron chi connectivity index (χ0n) is 46.2. The molecule has 400 valence electrons. The molecular formula is C74H57N7S2. The number of imidazole rings is 1. The molecule has 3 aromatic heterocycles. The number of hydrogen-bond donors (Lipinski definition) is 0. The van der Waals surface area contributed by atoms with Crippen molar-refractivity contribution >= 4 is 110 Å². The van der Waals surface area contributed by atoms with Crippen LogP contribution in [0.1, 0.15) is 0 Å². The molecule has 9 heteroatoms. The van der Waals surface area contributed by atoms with Crippen LogP contribution in [-0.2, 0) is 0 Å². The number of benzene rings is 12. The third kappa shape index (κ3) is 10.9. The van der Waals surface area contributed by atoms with Crippen molar-refractivity contribution in [3.8, 4) is 38.2 Å². The summed E-state index contributed by atoms with van der Waals surface area (Å²) in [5.41, 5.74) is 15.8. The summed E-state index contributed by atoms with van der Waals surface area (Å²) in [6, 6.07) is 101. The van der Waals surface area contributed by atoms with E-state index in [1.54, 1.807) is 22.7 Å². The van der Waals surface area contributed by atoms with Gasteiger partial charge in [-0.25, -0.2) is 15.0 Å². The van der Waals surface area contributed by atoms with Gasteiger partial charge in [-0.2, -0.15) is 0 Å². The van der Waals surface area contributed by atoms with Crippen molar-refractivity contribution in [3.63, 3.8) is 0 Å². The molecule has 83 heavy (non-hydrogen) atoms. The average molecular weight is 1110 g/mol. The van der Waals surface area contributed by atoms with Gasteiger partial charge >= 0.3 is 0 Å². The Morgan fingerprint density at radius 1 is 0.301 bits per heavy atom. The summed E-state index contributed by atoms with van der Waals surface area (Å²) < 4.78 is 4.69. The van der Waals surface area contributed by atoms with Crippen molar-refractivity contribution in [1.82, 2.24) is 19.5 Å². The molecule has 0 N–H and O–H groups in total. The van der Waals surface area contributed by atoms with Crippen LogP contribution in [0.3, 0.4) is 0 Å². The van der Waals surface area contributed by atoms with Crippen LogP contribution in [0.25, 0.3) is 91.2 Å². The third-order valence-electron chi connectivity index (χ3n) is 15.1. The van der Waals surface area contributed by atoms with Gasteiger partial charge in [-0.3, -0.25) is 4.57 Å². The molecule has 15 rings (SSSR count). The second kappa shape index (κ2) is 23.5. The maximum absolute atomic E-state index is 4.98. The maximum Gasteiger partial charge on any atom is 0.145 e. The van der Waals surface area contributed by atoms with Gasteiger partial charge in [0.25, 0.3) is 0 Å². The Bertz CT molecular complexity index is 4590. The van der Waals surface area contributed by atoms with Crippen molar-refractivity contribution in [2.45, 2.75) is 0 Å². The average Bonchev–Trinajstić information content (AvgIpc) is 4.41. The van der Waals surface area contributed by atoms with Crippen molar-refractivity contribution in [3.05, 3.63) is 291 Å². The van der Waals surface area contributed by atoms with Crippen LogP contribution in [0.5, 0.6) is 0 Å². The lowest BCUT2D eigenvalue weighted by atomic mass is 10.1. The number of aromatic nitrogens is 4. The van der Waals surface area contributed by atoms with E-state index in [0.717, 1.165) is 71.7 Å². The van der Waals surface area contributed by atoms with Crippen LogP contribution >= 0.6 is 22.7 Å². The molecule has 15 aromatic rings. The highest BCUT2D eigenvalue weighted by Crippen LogP contribution is 2.37. The zero-order chi connectivity index (χ0) is 56.1. The molecular weight excluding hydrogens is 1050 g/mol. The van der Waals surface area contributed by atoms with E-state index in [-0.39, 0.29) is 0 Å². The molecule has 0 aliphatic rings. The first-order valence-electron chi connectivity index (χ1n) is 27.7. The van der Waals surface area contributed by atoms with Gasteiger partial charge in [0.2, 0.25) is 0 Å². The second-order valence-electron chi connectivity index (χ2n) is 20.2. The largest absolute Gasteiger partial charge is 0.345 e. The smallest absolute Gasteiger partial charge is 0.145 e. The topological polar surface area (TPSA) is 53.3 Å². The molecule has 7 nitrogen and oxygen atoms in total. The van der Waals surface area contributed by atoms with E-state index in [9.17, 15) is 0 Å². The minimum atomic E-state index is 0.946. The number of nitrogens with zero attached hydrogens (tertiary/aromatic N) is 7. The van der Waals surface area contributed by atoms with Gasteiger partial charge in [0, 0.05) is 88.4 Å². The predicted molar refractivity (Wildman–Crippen MR) is 355 cm³/mol. The first-order chi connectivity index (χ1) is 40.9. The molecule has 3 heterocycles. The van der Waals surface area contributed by atoms with Crippen LogP contribution in [0, 0.1) is 0 Å². The van der Waals surface area contributed by atoms with Crippen molar-refractivity contribution in [1.29, 1.82) is 0 Å². The molecule has 0 aliphatic heterocycles. The Kier molecular flexibility index (Phi) is 14.8. The van der Waals surface area contributed by atoms with Crippen molar-refractivity contribution in [2.24, 2.45) is 0 Å². The fourth-order valence-corrected chi connectivity index (χ4v) is 12.6. The first kappa shape index (κ1) is 52.2. The Labute approximate surface area is 491 Å². The normalized spacial score (nSPS) is 11.1. The predicted octanol–water partition coefficient (Wildman–Crippen LogP) is 20.2. The minimum Gasteiger partial charge on any atom is -0.345 e. The number of hydrogen-bond acceptors (Lipinski definition) is 8. The van der Waals surface area contributed by atoms with Gasteiger partial charge in [0.15, 0.2) is 0 Å². The number of fused-ring (bicyclic) bond motifs is 5. The molecule has 0 aliphatic carbocycles. The van der Waals surface area contributed by atoms with Gasteiger partial charge in [-0.05, 0) is 156 Å². The van der Waals surface area contributed by atoms with E-state index in [0.29, 0.717) is 0 Å². The Morgan fingerprint density at radius 2 is 0.687 bits per heavy atom. The van der Waals surface area contributed by atoms with E-state index < -0.39 is 0 Å². The summed E-state index contributed by atoms with van der Waals surface area (Å²) in [5, 5.41) is 7.15. The third-order valence-corrected chi connectivity index (χ3v) is 17.2. The highest BCUT2D eigenvalue weighted by Gasteiger charge is 2.16. The summed E-state index contributed by atoms with van der Waals surface area (Å²) in [6.07, 6.45) is 0. The minimum absolute atomic E-state index is 0.946. The lowest BCUT2D eigenvalue weighted by Crippen LogP contribution is -2.09. The molecule has 0 atom stereocenters. The lowest BCUT2D eigenvalue weighted by Gasteiger charge is -2.22. The Hall–Kier alpha value is -10.2. The van der Waals surface area contributed by atoms with E-state index in [4.69, 9.17) is 15.0 Å². The summed E-state index contributed by atoms with van der Waals surface area (Å²) in [6.45, 7) is 0. The van der Waals surface area contributed by atoms with E-state index in [1.165, 1.54) is 53.7 Å². The van der Waals surface area contributed by atoms with Gasteiger partial charge in [-0.1, -0.05) is 146 Å². The molecule has 0 radical (unpaired) electrons. The van der Waals surface area contributed by atoms with Crippen LogP contribution in [-0.4, -0.2) is 40.7 Å². The Morgan fingerprint density at radius 3 is 1.19 bits per heavy atom. The fraction of sp³-hybridized carbons (Fsp3) is 0.0405. The second-order valence-corrected chi connectivity index (χ2v) is 22.3. The standard InChI is InChI=1S/C30H23N3.C24H18N2S.C20H16N2S/c1-32(28-17-9-11-22-10-5-6-14-26(22)28)24-20-18-23(19-21-24)30-31-27-15-7-8-16-29(27)33(30)25-12-3-2-4-13-25;1-26(22-11-6-8-17-7-2-3-9-20(17)22)19-15-13-18(14-16-19)24-25-21-10-4-5-12-23(21)27-24;1-22(16-7-3-2-4-8-16)17-13-11-15(12-14-17)20-21-18-9-5-6-10-19(18)23-20/h2-21H,1H3;2-16H,1H3;2-14H,1H3. The summed E-state index contributed by atoms with van der Waals surface area (Å²) in [4.78, 5) is 21.1. The number of rotatable bonds is 10. The molecule has 0 fully saturated rings. The molecule has 0 spiro atoms. The number of para-hydroxylation sites is 6.